The van der Waals surface area contributed by atoms with E-state index in [1.807, 2.05) is 0 Å². The van der Waals surface area contributed by atoms with Crippen molar-refractivity contribution in [1.29, 1.82) is 0 Å². The summed E-state index contributed by atoms with van der Waals surface area (Å²) in [4.78, 5) is 17.2. The Morgan fingerprint density at radius 1 is 1.21 bits per heavy atom. The number of carbonyl (C=O) groups is 1. The van der Waals surface area contributed by atoms with Crippen molar-refractivity contribution in [2.75, 3.05) is 12.4 Å². The van der Waals surface area contributed by atoms with Gasteiger partial charge in [-0.2, -0.15) is 9.49 Å². The first-order valence-corrected chi connectivity index (χ1v) is 8.38. The molecule has 1 heterocycles. The molecule has 0 unspecified atom stereocenters. The lowest BCUT2D eigenvalue weighted by atomic mass is 10.0. The van der Waals surface area contributed by atoms with E-state index in [0.717, 1.165) is 10.2 Å². The molecule has 1 aromatic heterocycles. The van der Waals surface area contributed by atoms with Gasteiger partial charge in [0, 0.05) is 12.6 Å². The van der Waals surface area contributed by atoms with Crippen LogP contribution in [0.5, 0.6) is 0 Å². The van der Waals surface area contributed by atoms with Crippen LogP contribution in [0.3, 0.4) is 0 Å². The molecule has 0 aliphatic rings. The fourth-order valence-corrected chi connectivity index (χ4v) is 2.82. The molecule has 1 amide bonds. The molecule has 0 radical (unpaired) electrons. The number of benzene rings is 2. The topological polar surface area (TPSA) is 68.5 Å². The van der Waals surface area contributed by atoms with Crippen molar-refractivity contribution in [3.63, 3.8) is 0 Å². The third-order valence-electron chi connectivity index (χ3n) is 4.16. The molecule has 0 bridgehead atoms. The van der Waals surface area contributed by atoms with Crippen LogP contribution in [0.25, 0.3) is 11.1 Å². The average molecular weight is 384 g/mol. The first-order valence-electron chi connectivity index (χ1n) is 8.38. The summed E-state index contributed by atoms with van der Waals surface area (Å²) in [6, 6.07) is 11.5. The van der Waals surface area contributed by atoms with Gasteiger partial charge in [-0.25, -0.2) is 9.07 Å². The molecule has 6 nitrogen and oxygen atoms in total. The number of aromatic nitrogens is 2. The number of carbonyl (C=O) groups excluding carboxylic acids is 1. The Labute approximate surface area is 160 Å². The zero-order chi connectivity index (χ0) is 20.3. The largest absolute Gasteiger partial charge is 0.399 e. The number of hydrogen-bond acceptors (Lipinski definition) is 4. The molecule has 0 saturated heterocycles. The molecule has 3 aromatic rings. The van der Waals surface area contributed by atoms with Gasteiger partial charge in [0.25, 0.3) is 5.91 Å². The maximum absolute atomic E-state index is 14.5. The predicted molar refractivity (Wildman–Crippen MR) is 102 cm³/mol. The van der Waals surface area contributed by atoms with E-state index in [-0.39, 0.29) is 16.9 Å². The highest BCUT2D eigenvalue weighted by Gasteiger charge is 2.22. The third kappa shape index (κ3) is 3.75. The van der Waals surface area contributed by atoms with Crippen LogP contribution in [0.4, 0.5) is 14.5 Å². The second-order valence-electron chi connectivity index (χ2n) is 6.03. The Morgan fingerprint density at radius 3 is 2.54 bits per heavy atom. The molecule has 3 rings (SSSR count). The van der Waals surface area contributed by atoms with Crippen LogP contribution in [0.15, 0.2) is 47.6 Å². The van der Waals surface area contributed by atoms with Crippen LogP contribution in [0.1, 0.15) is 21.6 Å². The van der Waals surface area contributed by atoms with E-state index in [9.17, 15) is 13.6 Å². The number of oxime groups is 1. The highest BCUT2D eigenvalue weighted by Crippen LogP contribution is 2.31. The number of nitrogens with zero attached hydrogens (tertiary/aromatic N) is 3. The van der Waals surface area contributed by atoms with E-state index in [1.165, 1.54) is 39.4 Å². The van der Waals surface area contributed by atoms with Crippen LogP contribution in [0, 0.1) is 18.7 Å². The van der Waals surface area contributed by atoms with E-state index < -0.39 is 17.7 Å². The second kappa shape index (κ2) is 7.99. The van der Waals surface area contributed by atoms with Gasteiger partial charge in [0.15, 0.2) is 0 Å². The van der Waals surface area contributed by atoms with Crippen LogP contribution >= 0.6 is 0 Å². The Morgan fingerprint density at radius 2 is 1.93 bits per heavy atom. The molecule has 0 spiro atoms. The van der Waals surface area contributed by atoms with Gasteiger partial charge in [0.05, 0.1) is 17.6 Å². The summed E-state index contributed by atoms with van der Waals surface area (Å²) in [5.41, 5.74) is 1.90. The SMILES string of the molecule is CO/N=C/c1ccc(-c2cccc(F)c2NC(=O)c2c(C)nn(C)c2F)cc1. The standard InChI is InChI=1S/C20H18F2N4O2/c1-12-17(19(22)26(2)25-12)20(27)24-18-15(5-4-6-16(18)21)14-9-7-13(8-10-14)11-23-28-3/h4-11H,1-3H3,(H,24,27)/b23-11+. The van der Waals surface area contributed by atoms with Crippen molar-refractivity contribution in [2.45, 2.75) is 6.92 Å². The first-order chi connectivity index (χ1) is 13.4. The predicted octanol–water partition coefficient (Wildman–Crippen LogP) is 3.91. The summed E-state index contributed by atoms with van der Waals surface area (Å²) in [6.07, 6.45) is 1.53. The van der Waals surface area contributed by atoms with Gasteiger partial charge in [-0.1, -0.05) is 41.6 Å². The van der Waals surface area contributed by atoms with Gasteiger partial charge < -0.3 is 10.2 Å². The van der Waals surface area contributed by atoms with Gasteiger partial charge in [0.1, 0.15) is 18.5 Å². The molecule has 0 atom stereocenters. The maximum atomic E-state index is 14.5. The minimum absolute atomic E-state index is 0.0338. The minimum atomic E-state index is -0.783. The van der Waals surface area contributed by atoms with E-state index in [2.05, 4.69) is 20.4 Å². The van der Waals surface area contributed by atoms with Crippen LogP contribution < -0.4 is 5.32 Å². The summed E-state index contributed by atoms with van der Waals surface area (Å²) >= 11 is 0. The zero-order valence-corrected chi connectivity index (χ0v) is 15.5. The fraction of sp³-hybridized carbons (Fsp3) is 0.150. The molecule has 0 saturated carbocycles. The quantitative estimate of drug-likeness (QED) is 0.536. The third-order valence-corrected chi connectivity index (χ3v) is 4.16. The lowest BCUT2D eigenvalue weighted by Gasteiger charge is -2.12. The van der Waals surface area contributed by atoms with E-state index in [4.69, 9.17) is 0 Å². The smallest absolute Gasteiger partial charge is 0.262 e. The number of para-hydroxylation sites is 1. The fourth-order valence-electron chi connectivity index (χ4n) is 2.82. The molecular formula is C20H18F2N4O2. The average Bonchev–Trinajstić information content (AvgIpc) is 2.94. The van der Waals surface area contributed by atoms with Crippen LogP contribution in [0.2, 0.25) is 0 Å². The first kappa shape index (κ1) is 19.2. The van der Waals surface area contributed by atoms with Crippen molar-refractivity contribution in [2.24, 2.45) is 12.2 Å². The second-order valence-corrected chi connectivity index (χ2v) is 6.03. The molecule has 0 fully saturated rings. The van der Waals surface area contributed by atoms with E-state index >= 15 is 0 Å². The normalized spacial score (nSPS) is 11.0. The summed E-state index contributed by atoms with van der Waals surface area (Å²) in [6.45, 7) is 1.51. The maximum Gasteiger partial charge on any atom is 0.262 e. The number of amides is 1. The molecule has 144 valence electrons. The summed E-state index contributed by atoms with van der Waals surface area (Å²) in [7, 11) is 2.83. The number of halogens is 2. The van der Waals surface area contributed by atoms with Crippen molar-refractivity contribution in [1.82, 2.24) is 9.78 Å². The zero-order valence-electron chi connectivity index (χ0n) is 15.5. The van der Waals surface area contributed by atoms with E-state index in [0.29, 0.717) is 11.1 Å². The molecule has 28 heavy (non-hydrogen) atoms. The van der Waals surface area contributed by atoms with Gasteiger partial charge in [-0.05, 0) is 24.1 Å². The van der Waals surface area contributed by atoms with Gasteiger partial charge in [-0.15, -0.1) is 0 Å². The number of hydrogen-bond donors (Lipinski definition) is 1. The summed E-state index contributed by atoms with van der Waals surface area (Å²) in [5.74, 6) is -2.18. The number of anilines is 1. The van der Waals surface area contributed by atoms with Crippen molar-refractivity contribution < 1.29 is 18.4 Å². The molecule has 0 aliphatic heterocycles. The summed E-state index contributed by atoms with van der Waals surface area (Å²) in [5, 5.41) is 10.0. The van der Waals surface area contributed by atoms with Crippen molar-refractivity contribution in [3.05, 3.63) is 71.1 Å². The molecule has 2 aromatic carbocycles. The lowest BCUT2D eigenvalue weighted by molar-refractivity contribution is 0.102. The molecule has 1 N–H and O–H groups in total. The number of nitrogens with one attached hydrogen (secondary N) is 1. The van der Waals surface area contributed by atoms with Gasteiger partial charge >= 0.3 is 0 Å². The van der Waals surface area contributed by atoms with Gasteiger partial charge in [0.2, 0.25) is 5.95 Å². The Kier molecular flexibility index (Phi) is 5.49. The lowest BCUT2D eigenvalue weighted by Crippen LogP contribution is -2.16. The van der Waals surface area contributed by atoms with Crippen LogP contribution in [-0.4, -0.2) is 29.0 Å². The minimum Gasteiger partial charge on any atom is -0.399 e. The Balaban J connectivity index is 1.96. The van der Waals surface area contributed by atoms with Crippen LogP contribution in [-0.2, 0) is 11.9 Å². The van der Waals surface area contributed by atoms with E-state index in [1.54, 1.807) is 30.3 Å². The number of rotatable bonds is 5. The van der Waals surface area contributed by atoms with Crippen molar-refractivity contribution >= 4 is 17.8 Å². The molecule has 8 heteroatoms. The van der Waals surface area contributed by atoms with Crippen molar-refractivity contribution in [3.8, 4) is 11.1 Å². The molecule has 0 aliphatic carbocycles. The Bertz CT molecular complexity index is 1040. The summed E-state index contributed by atoms with van der Waals surface area (Å²) < 4.78 is 29.6. The number of aryl methyl sites for hydroxylation is 2. The Hall–Kier alpha value is -3.55. The highest BCUT2D eigenvalue weighted by molar-refractivity contribution is 6.07. The highest BCUT2D eigenvalue weighted by atomic mass is 19.1. The monoisotopic (exact) mass is 384 g/mol. The van der Waals surface area contributed by atoms with Gasteiger partial charge in [-0.3, -0.25) is 4.79 Å². The molecular weight excluding hydrogens is 366 g/mol.